The molecule has 168 valence electrons. The monoisotopic (exact) mass is 410 g/mol. The topological polar surface area (TPSA) is 87.7 Å². The van der Waals surface area contributed by atoms with Crippen LogP contribution in [0.2, 0.25) is 0 Å². The molecule has 2 fully saturated rings. The van der Waals surface area contributed by atoms with E-state index in [0.717, 1.165) is 44.9 Å². The molecule has 3 N–H and O–H groups in total. The van der Waals surface area contributed by atoms with Gasteiger partial charge in [-0.2, -0.15) is 0 Å². The van der Waals surface area contributed by atoms with E-state index >= 15 is 0 Å². The first-order valence-corrected chi connectivity index (χ1v) is 11.3. The zero-order valence-corrected chi connectivity index (χ0v) is 19.1. The van der Waals surface area contributed by atoms with Gasteiger partial charge in [-0.1, -0.05) is 34.6 Å². The lowest BCUT2D eigenvalue weighted by Crippen LogP contribution is -2.51. The molecule has 0 saturated heterocycles. The van der Waals surface area contributed by atoms with Crippen molar-refractivity contribution in [3.63, 3.8) is 0 Å². The molecule has 0 aromatic carbocycles. The third-order valence-corrected chi connectivity index (χ3v) is 6.65. The Morgan fingerprint density at radius 2 is 1.69 bits per heavy atom. The number of hydrogen-bond donors (Lipinski definition) is 3. The smallest absolute Gasteiger partial charge is 0.407 e. The summed E-state index contributed by atoms with van der Waals surface area (Å²) in [7, 11) is 0. The van der Waals surface area contributed by atoms with Crippen LogP contribution in [0.1, 0.15) is 79.6 Å². The van der Waals surface area contributed by atoms with E-state index in [2.05, 4.69) is 31.4 Å². The van der Waals surface area contributed by atoms with Gasteiger partial charge in [0.15, 0.2) is 0 Å². The molecule has 0 aromatic heterocycles. The van der Waals surface area contributed by atoms with Gasteiger partial charge in [-0.05, 0) is 67.6 Å². The molecule has 2 atom stereocenters. The average molecular weight is 411 g/mol. The summed E-state index contributed by atoms with van der Waals surface area (Å²) in [5.41, 5.74) is 0.0355. The third-order valence-electron chi connectivity index (χ3n) is 6.65. The first-order valence-electron chi connectivity index (χ1n) is 11.3. The summed E-state index contributed by atoms with van der Waals surface area (Å²) in [6, 6.07) is 0.137. The van der Waals surface area contributed by atoms with Crippen molar-refractivity contribution in [2.24, 2.45) is 28.6 Å². The summed E-state index contributed by atoms with van der Waals surface area (Å²) in [5.74, 6) is 0.896. The predicted octanol–water partition coefficient (Wildman–Crippen LogP) is 3.87. The SMILES string of the molecule is CC(C)C(=O)NC1CC(C)(C)CC(C)(CNC(=O)OCC2CCC(CO)CC2)C1. The van der Waals surface area contributed by atoms with Gasteiger partial charge < -0.3 is 20.5 Å². The molecular weight excluding hydrogens is 368 g/mol. The third kappa shape index (κ3) is 7.80. The minimum atomic E-state index is -0.346. The number of carbonyl (C=O) groups is 2. The van der Waals surface area contributed by atoms with E-state index in [0.29, 0.717) is 25.0 Å². The van der Waals surface area contributed by atoms with Gasteiger partial charge in [0.1, 0.15) is 0 Å². The van der Waals surface area contributed by atoms with E-state index in [-0.39, 0.29) is 41.4 Å². The van der Waals surface area contributed by atoms with Crippen LogP contribution in [0.3, 0.4) is 0 Å². The van der Waals surface area contributed by atoms with Crippen molar-refractivity contribution in [2.45, 2.75) is 85.6 Å². The van der Waals surface area contributed by atoms with Crippen LogP contribution < -0.4 is 10.6 Å². The van der Waals surface area contributed by atoms with E-state index in [1.807, 2.05) is 13.8 Å². The lowest BCUT2D eigenvalue weighted by atomic mass is 9.62. The molecule has 0 spiro atoms. The minimum absolute atomic E-state index is 0.0214. The number of aliphatic hydroxyl groups excluding tert-OH is 1. The Hall–Kier alpha value is -1.30. The highest BCUT2D eigenvalue weighted by molar-refractivity contribution is 5.78. The minimum Gasteiger partial charge on any atom is -0.449 e. The highest BCUT2D eigenvalue weighted by Gasteiger charge is 2.42. The normalized spacial score (nSPS) is 31.9. The molecule has 2 amide bonds. The molecule has 2 aliphatic carbocycles. The Balaban J connectivity index is 1.79. The maximum Gasteiger partial charge on any atom is 0.407 e. The highest BCUT2D eigenvalue weighted by Crippen LogP contribution is 2.45. The molecule has 2 saturated carbocycles. The second-order valence-corrected chi connectivity index (χ2v) is 10.9. The number of alkyl carbamates (subject to hydrolysis) is 1. The standard InChI is InChI=1S/C23H42N2O4/c1-16(2)20(27)25-19-10-22(3,4)14-23(5,11-19)15-24-21(28)29-13-18-8-6-17(12-26)7-9-18/h16-19,26H,6-15H2,1-5H3,(H,24,28)(H,25,27). The van der Waals surface area contributed by atoms with E-state index in [1.165, 1.54) is 0 Å². The van der Waals surface area contributed by atoms with Gasteiger partial charge in [0.2, 0.25) is 5.91 Å². The number of carbonyl (C=O) groups excluding carboxylic acids is 2. The fourth-order valence-electron chi connectivity index (χ4n) is 5.35. The highest BCUT2D eigenvalue weighted by atomic mass is 16.5. The molecule has 0 aliphatic heterocycles. The number of hydrogen-bond acceptors (Lipinski definition) is 4. The molecule has 2 aliphatic rings. The van der Waals surface area contributed by atoms with Crippen LogP contribution in [-0.2, 0) is 9.53 Å². The van der Waals surface area contributed by atoms with E-state index in [4.69, 9.17) is 4.74 Å². The maximum atomic E-state index is 12.3. The largest absolute Gasteiger partial charge is 0.449 e. The second-order valence-electron chi connectivity index (χ2n) is 10.9. The van der Waals surface area contributed by atoms with Crippen LogP contribution >= 0.6 is 0 Å². The van der Waals surface area contributed by atoms with Crippen LogP contribution in [0.15, 0.2) is 0 Å². The second kappa shape index (κ2) is 10.1. The summed E-state index contributed by atoms with van der Waals surface area (Å²) in [6.45, 7) is 11.8. The number of rotatable bonds is 7. The van der Waals surface area contributed by atoms with Crippen LogP contribution in [0.4, 0.5) is 4.79 Å². The van der Waals surface area contributed by atoms with Gasteiger partial charge in [0.25, 0.3) is 0 Å². The first-order chi connectivity index (χ1) is 13.5. The lowest BCUT2D eigenvalue weighted by Gasteiger charge is -2.47. The van der Waals surface area contributed by atoms with Crippen molar-refractivity contribution in [3.05, 3.63) is 0 Å². The van der Waals surface area contributed by atoms with Crippen LogP contribution in [-0.4, -0.2) is 42.9 Å². The van der Waals surface area contributed by atoms with Crippen molar-refractivity contribution >= 4 is 12.0 Å². The van der Waals surface area contributed by atoms with Crippen molar-refractivity contribution in [2.75, 3.05) is 19.8 Å². The fourth-order valence-corrected chi connectivity index (χ4v) is 5.35. The zero-order valence-electron chi connectivity index (χ0n) is 19.1. The quantitative estimate of drug-likeness (QED) is 0.594. The first kappa shape index (κ1) is 24.0. The maximum absolute atomic E-state index is 12.3. The molecule has 29 heavy (non-hydrogen) atoms. The van der Waals surface area contributed by atoms with Gasteiger partial charge >= 0.3 is 6.09 Å². The molecule has 2 unspecified atom stereocenters. The number of nitrogens with one attached hydrogen (secondary N) is 2. The van der Waals surface area contributed by atoms with Gasteiger partial charge in [-0.15, -0.1) is 0 Å². The van der Waals surface area contributed by atoms with Gasteiger partial charge in [-0.3, -0.25) is 4.79 Å². The van der Waals surface area contributed by atoms with E-state index in [9.17, 15) is 14.7 Å². The number of aliphatic hydroxyl groups is 1. The molecule has 0 aromatic rings. The molecule has 6 nitrogen and oxygen atoms in total. The molecule has 0 radical (unpaired) electrons. The van der Waals surface area contributed by atoms with Gasteiger partial charge in [-0.25, -0.2) is 4.79 Å². The van der Waals surface area contributed by atoms with Gasteiger partial charge in [0, 0.05) is 25.1 Å². The predicted molar refractivity (Wildman–Crippen MR) is 114 cm³/mol. The lowest BCUT2D eigenvalue weighted by molar-refractivity contribution is -0.125. The Kier molecular flexibility index (Phi) is 8.38. The molecule has 0 heterocycles. The summed E-state index contributed by atoms with van der Waals surface area (Å²) in [6.07, 6.45) is 6.54. The number of amides is 2. The van der Waals surface area contributed by atoms with Crippen molar-refractivity contribution in [1.29, 1.82) is 0 Å². The van der Waals surface area contributed by atoms with Crippen molar-refractivity contribution in [3.8, 4) is 0 Å². The van der Waals surface area contributed by atoms with Crippen LogP contribution in [0.5, 0.6) is 0 Å². The van der Waals surface area contributed by atoms with Crippen LogP contribution in [0.25, 0.3) is 0 Å². The Bertz CT molecular complexity index is 555. The van der Waals surface area contributed by atoms with Gasteiger partial charge in [0.05, 0.1) is 6.61 Å². The molecule has 2 rings (SSSR count). The van der Waals surface area contributed by atoms with E-state index in [1.54, 1.807) is 0 Å². The fraction of sp³-hybridized carbons (Fsp3) is 0.913. The Morgan fingerprint density at radius 3 is 2.28 bits per heavy atom. The molecular formula is C23H42N2O4. The summed E-state index contributed by atoms with van der Waals surface area (Å²) < 4.78 is 5.48. The van der Waals surface area contributed by atoms with Crippen molar-refractivity contribution in [1.82, 2.24) is 10.6 Å². The van der Waals surface area contributed by atoms with Crippen molar-refractivity contribution < 1.29 is 19.4 Å². The zero-order chi connectivity index (χ0) is 21.7. The molecule has 0 bridgehead atoms. The molecule has 6 heteroatoms. The summed E-state index contributed by atoms with van der Waals surface area (Å²) in [4.78, 5) is 24.4. The summed E-state index contributed by atoms with van der Waals surface area (Å²) >= 11 is 0. The van der Waals surface area contributed by atoms with Crippen LogP contribution in [0, 0.1) is 28.6 Å². The Morgan fingerprint density at radius 1 is 1.07 bits per heavy atom. The average Bonchev–Trinajstić information content (AvgIpc) is 2.63. The van der Waals surface area contributed by atoms with E-state index < -0.39 is 0 Å². The Labute approximate surface area is 176 Å². The number of ether oxygens (including phenoxy) is 1. The summed E-state index contributed by atoms with van der Waals surface area (Å²) in [5, 5.41) is 15.4.